The highest BCUT2D eigenvalue weighted by molar-refractivity contribution is 7.10. The van der Waals surface area contributed by atoms with Crippen molar-refractivity contribution in [2.24, 2.45) is 16.3 Å². The van der Waals surface area contributed by atoms with E-state index in [0.717, 1.165) is 12.5 Å². The van der Waals surface area contributed by atoms with Crippen LogP contribution >= 0.6 is 11.3 Å². The van der Waals surface area contributed by atoms with Gasteiger partial charge in [0, 0.05) is 30.6 Å². The molecule has 1 saturated carbocycles. The standard InChI is InChI=1S/C18H30N4S/c1-18(2)11-15(18)21-17(19-3)20-12-13-7-5-9-22(4)16(13)14-8-6-10-23-14/h6,8,10,13,15-16H,5,7,9,11-12H2,1-4H3,(H2,19,20,21). The second kappa shape index (κ2) is 6.81. The summed E-state index contributed by atoms with van der Waals surface area (Å²) < 4.78 is 0. The van der Waals surface area contributed by atoms with Gasteiger partial charge in [-0.1, -0.05) is 19.9 Å². The highest BCUT2D eigenvalue weighted by Crippen LogP contribution is 2.44. The van der Waals surface area contributed by atoms with Gasteiger partial charge < -0.3 is 10.6 Å². The normalized spacial score (nSPS) is 31.0. The largest absolute Gasteiger partial charge is 0.356 e. The molecule has 128 valence electrons. The maximum Gasteiger partial charge on any atom is 0.191 e. The molecule has 1 aliphatic carbocycles. The maximum absolute atomic E-state index is 4.41. The smallest absolute Gasteiger partial charge is 0.191 e. The number of aliphatic imine (C=N–C) groups is 1. The minimum absolute atomic E-state index is 0.419. The Morgan fingerprint density at radius 3 is 2.87 bits per heavy atom. The first-order valence-corrected chi connectivity index (χ1v) is 9.60. The molecule has 1 aliphatic heterocycles. The van der Waals surface area contributed by atoms with Crippen LogP contribution in [0.3, 0.4) is 0 Å². The summed E-state index contributed by atoms with van der Waals surface area (Å²) in [5, 5.41) is 9.33. The van der Waals surface area contributed by atoms with Crippen LogP contribution in [0.4, 0.5) is 0 Å². The van der Waals surface area contributed by atoms with Gasteiger partial charge in [-0.3, -0.25) is 9.89 Å². The first kappa shape index (κ1) is 16.8. The number of hydrogen-bond acceptors (Lipinski definition) is 3. The Labute approximate surface area is 144 Å². The van der Waals surface area contributed by atoms with E-state index in [-0.39, 0.29) is 0 Å². The lowest BCUT2D eigenvalue weighted by Gasteiger charge is -2.39. The van der Waals surface area contributed by atoms with Gasteiger partial charge in [-0.25, -0.2) is 0 Å². The third-order valence-corrected chi connectivity index (χ3v) is 6.36. The molecule has 1 saturated heterocycles. The van der Waals surface area contributed by atoms with Gasteiger partial charge in [0.25, 0.3) is 0 Å². The van der Waals surface area contributed by atoms with Crippen LogP contribution < -0.4 is 10.6 Å². The minimum Gasteiger partial charge on any atom is -0.356 e. The molecule has 0 amide bonds. The SMILES string of the molecule is CN=C(NCC1CCCN(C)C1c1cccs1)NC1CC1(C)C. The fourth-order valence-corrected chi connectivity index (χ4v) is 4.67. The van der Waals surface area contributed by atoms with Crippen molar-refractivity contribution >= 4 is 17.3 Å². The molecule has 3 unspecified atom stereocenters. The van der Waals surface area contributed by atoms with E-state index < -0.39 is 0 Å². The summed E-state index contributed by atoms with van der Waals surface area (Å²) in [4.78, 5) is 8.42. The molecular weight excluding hydrogens is 304 g/mol. The molecule has 3 rings (SSSR count). The van der Waals surface area contributed by atoms with Gasteiger partial charge in [0.1, 0.15) is 0 Å². The van der Waals surface area contributed by atoms with Crippen molar-refractivity contribution in [3.63, 3.8) is 0 Å². The van der Waals surface area contributed by atoms with Gasteiger partial charge in [-0.15, -0.1) is 11.3 Å². The minimum atomic E-state index is 0.419. The zero-order valence-corrected chi connectivity index (χ0v) is 15.6. The van der Waals surface area contributed by atoms with Crippen LogP contribution in [-0.4, -0.2) is 44.1 Å². The average molecular weight is 335 g/mol. The topological polar surface area (TPSA) is 39.7 Å². The van der Waals surface area contributed by atoms with E-state index >= 15 is 0 Å². The zero-order chi connectivity index (χ0) is 16.4. The van der Waals surface area contributed by atoms with Crippen molar-refractivity contribution in [3.05, 3.63) is 22.4 Å². The number of hydrogen-bond donors (Lipinski definition) is 2. The summed E-state index contributed by atoms with van der Waals surface area (Å²) in [5.41, 5.74) is 0.419. The van der Waals surface area contributed by atoms with Gasteiger partial charge in [0.2, 0.25) is 0 Å². The monoisotopic (exact) mass is 334 g/mol. The van der Waals surface area contributed by atoms with E-state index in [2.05, 4.69) is 58.9 Å². The van der Waals surface area contributed by atoms with E-state index in [9.17, 15) is 0 Å². The van der Waals surface area contributed by atoms with Crippen LogP contribution in [0.1, 0.15) is 44.0 Å². The molecule has 1 aromatic heterocycles. The van der Waals surface area contributed by atoms with Crippen LogP contribution in [0.25, 0.3) is 0 Å². The third kappa shape index (κ3) is 3.89. The first-order chi connectivity index (χ1) is 11.0. The molecule has 23 heavy (non-hydrogen) atoms. The number of nitrogens with zero attached hydrogens (tertiary/aromatic N) is 2. The predicted molar refractivity (Wildman–Crippen MR) is 99.1 cm³/mol. The average Bonchev–Trinajstić information content (AvgIpc) is 2.92. The number of thiophene rings is 1. The molecule has 5 heteroatoms. The Morgan fingerprint density at radius 2 is 2.26 bits per heavy atom. The van der Waals surface area contributed by atoms with Crippen LogP contribution in [0.5, 0.6) is 0 Å². The molecule has 0 radical (unpaired) electrons. The fraction of sp³-hybridized carbons (Fsp3) is 0.722. The quantitative estimate of drug-likeness (QED) is 0.656. The van der Waals surface area contributed by atoms with E-state index in [1.165, 1.54) is 30.7 Å². The van der Waals surface area contributed by atoms with Gasteiger partial charge in [0.15, 0.2) is 5.96 Å². The highest BCUT2D eigenvalue weighted by Gasteiger charge is 2.46. The Morgan fingerprint density at radius 1 is 1.48 bits per heavy atom. The summed E-state index contributed by atoms with van der Waals surface area (Å²) in [6.07, 6.45) is 3.80. The van der Waals surface area contributed by atoms with E-state index in [1.54, 1.807) is 0 Å². The molecule has 2 N–H and O–H groups in total. The number of guanidine groups is 1. The highest BCUT2D eigenvalue weighted by atomic mass is 32.1. The molecular formula is C18H30N4S. The number of rotatable bonds is 4. The van der Waals surface area contributed by atoms with E-state index in [4.69, 9.17) is 0 Å². The Hall–Kier alpha value is -1.07. The maximum atomic E-state index is 4.41. The first-order valence-electron chi connectivity index (χ1n) is 8.72. The van der Waals surface area contributed by atoms with E-state index in [0.29, 0.717) is 23.4 Å². The van der Waals surface area contributed by atoms with Crippen molar-refractivity contribution in [1.29, 1.82) is 0 Å². The van der Waals surface area contributed by atoms with E-state index in [1.807, 2.05) is 18.4 Å². The number of nitrogens with one attached hydrogen (secondary N) is 2. The summed E-state index contributed by atoms with van der Waals surface area (Å²) in [6.45, 7) is 6.80. The summed E-state index contributed by atoms with van der Waals surface area (Å²) in [7, 11) is 4.13. The van der Waals surface area contributed by atoms with Crippen LogP contribution in [-0.2, 0) is 0 Å². The van der Waals surface area contributed by atoms with Gasteiger partial charge >= 0.3 is 0 Å². The van der Waals surface area contributed by atoms with Gasteiger partial charge in [0.05, 0.1) is 0 Å². The summed E-state index contributed by atoms with van der Waals surface area (Å²) >= 11 is 1.88. The lowest BCUT2D eigenvalue weighted by molar-refractivity contribution is 0.125. The van der Waals surface area contributed by atoms with Crippen molar-refractivity contribution < 1.29 is 0 Å². The summed E-state index contributed by atoms with van der Waals surface area (Å²) in [5.74, 6) is 1.59. The Bertz CT molecular complexity index is 537. The van der Waals surface area contributed by atoms with Crippen LogP contribution in [0.2, 0.25) is 0 Å². The number of piperidine rings is 1. The van der Waals surface area contributed by atoms with Gasteiger partial charge in [-0.2, -0.15) is 0 Å². The molecule has 0 aromatic carbocycles. The fourth-order valence-electron chi connectivity index (χ4n) is 3.68. The van der Waals surface area contributed by atoms with Gasteiger partial charge in [-0.05, 0) is 55.6 Å². The van der Waals surface area contributed by atoms with Crippen molar-refractivity contribution in [2.75, 3.05) is 27.2 Å². The Balaban J connectivity index is 1.59. The van der Waals surface area contributed by atoms with Crippen LogP contribution in [0, 0.1) is 11.3 Å². The molecule has 2 fully saturated rings. The lowest BCUT2D eigenvalue weighted by atomic mass is 9.88. The molecule has 0 bridgehead atoms. The van der Waals surface area contributed by atoms with Crippen molar-refractivity contribution in [3.8, 4) is 0 Å². The second-order valence-electron chi connectivity index (χ2n) is 7.69. The molecule has 0 spiro atoms. The van der Waals surface area contributed by atoms with Crippen molar-refractivity contribution in [1.82, 2.24) is 15.5 Å². The summed E-state index contributed by atoms with van der Waals surface area (Å²) in [6, 6.07) is 5.55. The molecule has 2 heterocycles. The molecule has 1 aromatic rings. The second-order valence-corrected chi connectivity index (χ2v) is 8.67. The molecule has 2 aliphatic rings. The predicted octanol–water partition coefficient (Wildman–Crippen LogP) is 3.09. The third-order valence-electron chi connectivity index (χ3n) is 5.42. The molecule has 4 nitrogen and oxygen atoms in total. The lowest BCUT2D eigenvalue weighted by Crippen LogP contribution is -2.45. The number of likely N-dealkylation sites (tertiary alicyclic amines) is 1. The zero-order valence-electron chi connectivity index (χ0n) is 14.8. The Kier molecular flexibility index (Phi) is 4.97. The van der Waals surface area contributed by atoms with Crippen molar-refractivity contribution in [2.45, 2.75) is 45.2 Å². The molecule has 3 atom stereocenters. The van der Waals surface area contributed by atoms with Crippen LogP contribution in [0.15, 0.2) is 22.5 Å².